The minimum Gasteiger partial charge on any atom is -0.388 e. The Labute approximate surface area is 151 Å². The van der Waals surface area contributed by atoms with Crippen molar-refractivity contribution >= 4 is 11.8 Å². The minimum atomic E-state index is -0.677. The molecular weight excluding hydrogens is 318 g/mol. The maximum absolute atomic E-state index is 12.0. The van der Waals surface area contributed by atoms with Crippen LogP contribution in [-0.2, 0) is 9.59 Å². The maximum Gasteiger partial charge on any atom is 0.219 e. The van der Waals surface area contributed by atoms with Crippen molar-refractivity contribution in [1.82, 2.24) is 14.7 Å². The predicted octanol–water partition coefficient (Wildman–Crippen LogP) is 1.08. The van der Waals surface area contributed by atoms with Gasteiger partial charge in [0.15, 0.2) is 0 Å². The van der Waals surface area contributed by atoms with Gasteiger partial charge in [-0.3, -0.25) is 9.59 Å². The molecule has 6 heteroatoms. The van der Waals surface area contributed by atoms with Crippen molar-refractivity contribution < 1.29 is 14.7 Å². The second kappa shape index (κ2) is 7.62. The molecular formula is C19H33N3O3. The summed E-state index contributed by atoms with van der Waals surface area (Å²) < 4.78 is 0. The van der Waals surface area contributed by atoms with Gasteiger partial charge in [-0.25, -0.2) is 0 Å². The Morgan fingerprint density at radius 2 is 1.72 bits per heavy atom. The number of hydrogen-bond acceptors (Lipinski definition) is 4. The van der Waals surface area contributed by atoms with E-state index < -0.39 is 5.60 Å². The fourth-order valence-corrected chi connectivity index (χ4v) is 4.99. The van der Waals surface area contributed by atoms with Gasteiger partial charge in [-0.05, 0) is 38.0 Å². The van der Waals surface area contributed by atoms with Crippen LogP contribution >= 0.6 is 0 Å². The van der Waals surface area contributed by atoms with Crippen LogP contribution in [0.5, 0.6) is 0 Å². The van der Waals surface area contributed by atoms with Gasteiger partial charge in [-0.2, -0.15) is 0 Å². The molecule has 0 aliphatic carbocycles. The molecule has 0 aromatic carbocycles. The van der Waals surface area contributed by atoms with E-state index in [1.165, 1.54) is 12.8 Å². The van der Waals surface area contributed by atoms with Crippen LogP contribution in [0.4, 0.5) is 0 Å². The highest BCUT2D eigenvalue weighted by Gasteiger charge is 2.40. The molecule has 25 heavy (non-hydrogen) atoms. The molecule has 0 aromatic heterocycles. The molecule has 6 nitrogen and oxygen atoms in total. The zero-order chi connectivity index (χ0) is 18.0. The van der Waals surface area contributed by atoms with Crippen LogP contribution in [0, 0.1) is 5.92 Å². The first-order chi connectivity index (χ1) is 11.9. The SMILES string of the molecule is CC(=O)N1CCC(O)(CN2CC[C@@H]3[C@@H](CCCCN3C(C)=O)C2)CC1. The highest BCUT2D eigenvalue weighted by atomic mass is 16.3. The Morgan fingerprint density at radius 1 is 1.00 bits per heavy atom. The Kier molecular flexibility index (Phi) is 5.68. The van der Waals surface area contributed by atoms with Crippen molar-refractivity contribution in [2.75, 3.05) is 39.3 Å². The Hall–Kier alpha value is -1.14. The first-order valence-electron chi connectivity index (χ1n) is 9.85. The molecule has 0 radical (unpaired) electrons. The van der Waals surface area contributed by atoms with Crippen LogP contribution in [0.3, 0.4) is 0 Å². The molecule has 0 bridgehead atoms. The van der Waals surface area contributed by atoms with Crippen LogP contribution in [-0.4, -0.2) is 82.5 Å². The second-order valence-corrected chi connectivity index (χ2v) is 8.29. The topological polar surface area (TPSA) is 64.1 Å². The van der Waals surface area contributed by atoms with E-state index in [-0.39, 0.29) is 11.8 Å². The van der Waals surface area contributed by atoms with Crippen LogP contribution in [0.25, 0.3) is 0 Å². The van der Waals surface area contributed by atoms with Crippen molar-refractivity contribution in [3.8, 4) is 0 Å². The fraction of sp³-hybridized carbons (Fsp3) is 0.895. The number of piperidine rings is 2. The van der Waals surface area contributed by atoms with E-state index in [1.807, 2.05) is 4.90 Å². The van der Waals surface area contributed by atoms with E-state index in [0.29, 0.717) is 44.4 Å². The Bertz CT molecular complexity index is 502. The number of hydrogen-bond donors (Lipinski definition) is 1. The van der Waals surface area contributed by atoms with Gasteiger partial charge in [0.25, 0.3) is 0 Å². The van der Waals surface area contributed by atoms with Crippen LogP contribution in [0.1, 0.15) is 52.4 Å². The van der Waals surface area contributed by atoms with E-state index in [0.717, 1.165) is 32.5 Å². The molecule has 0 unspecified atom stereocenters. The summed E-state index contributed by atoms with van der Waals surface area (Å²) in [5.74, 6) is 0.840. The molecule has 3 aliphatic heterocycles. The summed E-state index contributed by atoms with van der Waals surface area (Å²) in [6.07, 6.45) is 5.82. The number of carbonyl (C=O) groups is 2. The second-order valence-electron chi connectivity index (χ2n) is 8.29. The number of carbonyl (C=O) groups excluding carboxylic acids is 2. The number of aliphatic hydroxyl groups is 1. The van der Waals surface area contributed by atoms with Gasteiger partial charge in [0.05, 0.1) is 5.60 Å². The molecule has 1 N–H and O–H groups in total. The van der Waals surface area contributed by atoms with Gasteiger partial charge >= 0.3 is 0 Å². The average Bonchev–Trinajstić information content (AvgIpc) is 2.77. The Balaban J connectivity index is 1.57. The number of amides is 2. The van der Waals surface area contributed by atoms with E-state index >= 15 is 0 Å². The fourth-order valence-electron chi connectivity index (χ4n) is 4.99. The maximum atomic E-state index is 12.0. The standard InChI is InChI=1S/C19H33N3O3/c1-15(23)21-11-7-19(25,8-12-21)14-20-10-6-18-17(13-20)5-3-4-9-22(18)16(2)24/h17-18,25H,3-14H2,1-2H3/t17-,18+/m0/s1. The molecule has 3 saturated heterocycles. The predicted molar refractivity (Wildman–Crippen MR) is 96.0 cm³/mol. The highest BCUT2D eigenvalue weighted by Crippen LogP contribution is 2.32. The molecule has 0 saturated carbocycles. The third kappa shape index (κ3) is 4.34. The first-order valence-corrected chi connectivity index (χ1v) is 9.85. The lowest BCUT2D eigenvalue weighted by Gasteiger charge is -2.46. The number of fused-ring (bicyclic) bond motifs is 1. The van der Waals surface area contributed by atoms with E-state index in [2.05, 4.69) is 9.80 Å². The smallest absolute Gasteiger partial charge is 0.219 e. The lowest BCUT2D eigenvalue weighted by molar-refractivity contribution is -0.136. The highest BCUT2D eigenvalue weighted by molar-refractivity contribution is 5.74. The molecule has 3 heterocycles. The summed E-state index contributed by atoms with van der Waals surface area (Å²) in [6, 6.07) is 0.380. The first kappa shape index (κ1) is 18.6. The zero-order valence-electron chi connectivity index (χ0n) is 15.7. The molecule has 3 aliphatic rings. The van der Waals surface area contributed by atoms with Crippen LogP contribution in [0.2, 0.25) is 0 Å². The van der Waals surface area contributed by atoms with Crippen molar-refractivity contribution in [1.29, 1.82) is 0 Å². The quantitative estimate of drug-likeness (QED) is 0.809. The largest absolute Gasteiger partial charge is 0.388 e. The molecule has 3 fully saturated rings. The summed E-state index contributed by atoms with van der Waals surface area (Å²) in [4.78, 5) is 29.8. The zero-order valence-corrected chi connectivity index (χ0v) is 15.7. The van der Waals surface area contributed by atoms with Gasteiger partial charge in [-0.15, -0.1) is 0 Å². The van der Waals surface area contributed by atoms with Crippen molar-refractivity contribution in [3.05, 3.63) is 0 Å². The van der Waals surface area contributed by atoms with Gasteiger partial charge in [-0.1, -0.05) is 6.42 Å². The number of rotatable bonds is 2. The normalized spacial score (nSPS) is 30.5. The average molecular weight is 351 g/mol. The van der Waals surface area contributed by atoms with Gasteiger partial charge in [0.1, 0.15) is 0 Å². The summed E-state index contributed by atoms with van der Waals surface area (Å²) in [7, 11) is 0. The molecule has 2 atom stereocenters. The van der Waals surface area contributed by atoms with E-state index in [1.54, 1.807) is 13.8 Å². The number of likely N-dealkylation sites (tertiary alicyclic amines) is 3. The molecule has 0 aromatic rings. The van der Waals surface area contributed by atoms with E-state index in [4.69, 9.17) is 0 Å². The van der Waals surface area contributed by atoms with Crippen molar-refractivity contribution in [3.63, 3.8) is 0 Å². The minimum absolute atomic E-state index is 0.102. The molecule has 142 valence electrons. The third-order valence-electron chi connectivity index (χ3n) is 6.46. The third-order valence-corrected chi connectivity index (χ3v) is 6.46. The number of nitrogens with zero attached hydrogens (tertiary/aromatic N) is 3. The number of β-amino-alcohol motifs (C(OH)–C–C–N with tert-alkyl or cyclic N) is 1. The van der Waals surface area contributed by atoms with Gasteiger partial charge in [0.2, 0.25) is 11.8 Å². The van der Waals surface area contributed by atoms with Crippen molar-refractivity contribution in [2.24, 2.45) is 5.92 Å². The molecule has 2 amide bonds. The molecule has 0 spiro atoms. The van der Waals surface area contributed by atoms with Crippen LogP contribution < -0.4 is 0 Å². The lowest BCUT2D eigenvalue weighted by atomic mass is 9.85. The summed E-state index contributed by atoms with van der Waals surface area (Å²) >= 11 is 0. The van der Waals surface area contributed by atoms with Crippen LogP contribution in [0.15, 0.2) is 0 Å². The lowest BCUT2D eigenvalue weighted by Crippen LogP contribution is -2.56. The Morgan fingerprint density at radius 3 is 2.36 bits per heavy atom. The summed E-state index contributed by atoms with van der Waals surface area (Å²) in [5, 5.41) is 11.0. The van der Waals surface area contributed by atoms with Gasteiger partial charge in [0, 0.05) is 59.2 Å². The van der Waals surface area contributed by atoms with Crippen molar-refractivity contribution in [2.45, 2.75) is 64.0 Å². The summed E-state index contributed by atoms with van der Waals surface area (Å²) in [5.41, 5.74) is -0.677. The van der Waals surface area contributed by atoms with E-state index in [9.17, 15) is 14.7 Å². The summed E-state index contributed by atoms with van der Waals surface area (Å²) in [6.45, 7) is 8.14. The van der Waals surface area contributed by atoms with Gasteiger partial charge < -0.3 is 19.8 Å². The monoisotopic (exact) mass is 351 g/mol. The molecule has 3 rings (SSSR count).